The van der Waals surface area contributed by atoms with E-state index in [0.29, 0.717) is 28.4 Å². The van der Waals surface area contributed by atoms with Crippen molar-refractivity contribution in [3.8, 4) is 17.2 Å². The number of esters is 2. The summed E-state index contributed by atoms with van der Waals surface area (Å²) in [5, 5.41) is 0. The molecule has 0 unspecified atom stereocenters. The molecule has 0 saturated heterocycles. The number of allylic oxidation sites excluding steroid dienone is 1. The lowest BCUT2D eigenvalue weighted by Crippen LogP contribution is -2.24. The third kappa shape index (κ3) is 8.36. The van der Waals surface area contributed by atoms with E-state index in [9.17, 15) is 14.4 Å². The second-order valence-electron chi connectivity index (χ2n) is 10.9. The van der Waals surface area contributed by atoms with Crippen LogP contribution < -0.4 is 14.2 Å². The van der Waals surface area contributed by atoms with Crippen molar-refractivity contribution in [2.24, 2.45) is 10.8 Å². The van der Waals surface area contributed by atoms with Gasteiger partial charge in [0.05, 0.1) is 23.5 Å². The number of benzene rings is 2. The van der Waals surface area contributed by atoms with Gasteiger partial charge in [-0.15, -0.1) is 0 Å². The molecular weight excluding hydrogens is 488 g/mol. The highest BCUT2D eigenvalue weighted by Crippen LogP contribution is 2.36. The fourth-order valence-electron chi connectivity index (χ4n) is 3.29. The second kappa shape index (κ2) is 12.6. The highest BCUT2D eigenvalue weighted by atomic mass is 16.7. The van der Waals surface area contributed by atoms with E-state index in [1.807, 2.05) is 19.9 Å². The SMILES string of the molecule is COc1c(C)cc(C)c(OCOC(=O)C(C)(C)C)c1/C=C/C(=O)c1ccc(OCOC(=O)C(C)(C)C)cc1. The van der Waals surface area contributed by atoms with Crippen LogP contribution in [-0.4, -0.2) is 38.4 Å². The first-order valence-electron chi connectivity index (χ1n) is 12.3. The molecule has 0 bridgehead atoms. The standard InChI is InChI=1S/C30H38O8/c1-19-16-20(2)26(36-18-38-28(33)30(6,7)8)23(25(19)34-9)14-15-24(31)21-10-12-22(13-11-21)35-17-37-27(32)29(3,4)5/h10-16H,17-18H2,1-9H3/b15-14+. The van der Waals surface area contributed by atoms with Gasteiger partial charge in [0.25, 0.3) is 0 Å². The molecule has 0 aromatic heterocycles. The van der Waals surface area contributed by atoms with Crippen molar-refractivity contribution < 1.29 is 38.1 Å². The molecule has 38 heavy (non-hydrogen) atoms. The summed E-state index contributed by atoms with van der Waals surface area (Å²) >= 11 is 0. The lowest BCUT2D eigenvalue weighted by atomic mass is 9.97. The molecular formula is C30H38O8. The number of carbonyl (C=O) groups is 3. The molecule has 0 heterocycles. The van der Waals surface area contributed by atoms with Gasteiger partial charge >= 0.3 is 11.9 Å². The van der Waals surface area contributed by atoms with E-state index in [2.05, 4.69) is 0 Å². The summed E-state index contributed by atoms with van der Waals surface area (Å²) in [6.45, 7) is 13.8. The molecule has 2 rings (SSSR count). The van der Waals surface area contributed by atoms with Crippen molar-refractivity contribution in [2.45, 2.75) is 55.4 Å². The minimum atomic E-state index is -0.657. The predicted molar refractivity (Wildman–Crippen MR) is 144 cm³/mol. The number of hydrogen-bond acceptors (Lipinski definition) is 8. The summed E-state index contributed by atoms with van der Waals surface area (Å²) in [7, 11) is 1.54. The molecule has 0 atom stereocenters. The zero-order valence-corrected chi connectivity index (χ0v) is 23.7. The Labute approximate surface area is 224 Å². The summed E-state index contributed by atoms with van der Waals surface area (Å²) in [4.78, 5) is 36.8. The zero-order valence-electron chi connectivity index (χ0n) is 23.7. The van der Waals surface area contributed by atoms with Gasteiger partial charge < -0.3 is 23.7 Å². The summed E-state index contributed by atoms with van der Waals surface area (Å²) in [5.74, 6) is 0.455. The van der Waals surface area contributed by atoms with Crippen LogP contribution in [0.15, 0.2) is 36.4 Å². The summed E-state index contributed by atoms with van der Waals surface area (Å²) in [5.41, 5.74) is 1.39. The van der Waals surface area contributed by atoms with E-state index in [1.54, 1.807) is 71.9 Å². The van der Waals surface area contributed by atoms with Crippen LogP contribution in [0.25, 0.3) is 6.08 Å². The molecule has 0 N–H and O–H groups in total. The maximum atomic E-state index is 12.9. The zero-order chi connectivity index (χ0) is 28.7. The number of methoxy groups -OCH3 is 1. The molecule has 0 aliphatic heterocycles. The number of ketones is 1. The molecule has 0 aliphatic carbocycles. The van der Waals surface area contributed by atoms with Gasteiger partial charge in [-0.05, 0) is 109 Å². The van der Waals surface area contributed by atoms with E-state index in [1.165, 1.54) is 13.2 Å². The molecule has 0 radical (unpaired) electrons. The van der Waals surface area contributed by atoms with Gasteiger partial charge in [0.2, 0.25) is 13.6 Å². The Hall–Kier alpha value is -3.81. The first kappa shape index (κ1) is 30.4. The second-order valence-corrected chi connectivity index (χ2v) is 10.9. The maximum absolute atomic E-state index is 12.9. The maximum Gasteiger partial charge on any atom is 0.314 e. The predicted octanol–water partition coefficient (Wildman–Crippen LogP) is 6.06. The van der Waals surface area contributed by atoms with Crippen LogP contribution in [0.4, 0.5) is 0 Å². The number of aryl methyl sites for hydroxylation is 2. The van der Waals surface area contributed by atoms with E-state index in [-0.39, 0.29) is 31.3 Å². The number of carbonyl (C=O) groups excluding carboxylic acids is 3. The van der Waals surface area contributed by atoms with Crippen LogP contribution in [0.3, 0.4) is 0 Å². The molecule has 2 aromatic rings. The molecule has 8 heteroatoms. The first-order chi connectivity index (χ1) is 17.6. The summed E-state index contributed by atoms with van der Waals surface area (Å²) in [6, 6.07) is 8.39. The monoisotopic (exact) mass is 526 g/mol. The topological polar surface area (TPSA) is 97.4 Å². The van der Waals surface area contributed by atoms with Crippen LogP contribution in [0, 0.1) is 24.7 Å². The average molecular weight is 527 g/mol. The van der Waals surface area contributed by atoms with Crippen molar-refractivity contribution >= 4 is 23.8 Å². The van der Waals surface area contributed by atoms with Crippen LogP contribution in [0.2, 0.25) is 0 Å². The van der Waals surface area contributed by atoms with E-state index >= 15 is 0 Å². The van der Waals surface area contributed by atoms with Crippen LogP contribution >= 0.6 is 0 Å². The highest BCUT2D eigenvalue weighted by Gasteiger charge is 2.24. The first-order valence-corrected chi connectivity index (χ1v) is 12.3. The molecule has 0 fully saturated rings. The van der Waals surface area contributed by atoms with Gasteiger partial charge in [-0.25, -0.2) is 0 Å². The fraction of sp³-hybridized carbons (Fsp3) is 0.433. The van der Waals surface area contributed by atoms with E-state index in [0.717, 1.165) is 11.1 Å². The van der Waals surface area contributed by atoms with Crippen molar-refractivity contribution in [2.75, 3.05) is 20.7 Å². The molecule has 0 aliphatic rings. The lowest BCUT2D eigenvalue weighted by Gasteiger charge is -2.19. The Bertz CT molecular complexity index is 1180. The van der Waals surface area contributed by atoms with Gasteiger partial charge in [-0.1, -0.05) is 0 Å². The molecule has 2 aromatic carbocycles. The lowest BCUT2D eigenvalue weighted by molar-refractivity contribution is -0.160. The Morgan fingerprint density at radius 2 is 1.26 bits per heavy atom. The quantitative estimate of drug-likeness (QED) is 0.160. The van der Waals surface area contributed by atoms with Gasteiger partial charge in [-0.3, -0.25) is 14.4 Å². The van der Waals surface area contributed by atoms with Crippen molar-refractivity contribution in [1.82, 2.24) is 0 Å². The minimum absolute atomic E-state index is 0.219. The van der Waals surface area contributed by atoms with Crippen LogP contribution in [-0.2, 0) is 19.1 Å². The largest absolute Gasteiger partial charge is 0.496 e. The van der Waals surface area contributed by atoms with Crippen molar-refractivity contribution in [3.05, 3.63) is 58.7 Å². The summed E-state index contributed by atoms with van der Waals surface area (Å²) in [6.07, 6.45) is 3.05. The number of hydrogen-bond donors (Lipinski definition) is 0. The number of ether oxygens (including phenoxy) is 5. The van der Waals surface area contributed by atoms with Gasteiger partial charge in [0, 0.05) is 5.56 Å². The normalized spacial score (nSPS) is 11.7. The van der Waals surface area contributed by atoms with Gasteiger partial charge in [0.15, 0.2) is 5.78 Å². The Morgan fingerprint density at radius 3 is 1.76 bits per heavy atom. The smallest absolute Gasteiger partial charge is 0.314 e. The van der Waals surface area contributed by atoms with E-state index < -0.39 is 10.8 Å². The number of rotatable bonds is 10. The average Bonchev–Trinajstić information content (AvgIpc) is 2.82. The fourth-order valence-corrected chi connectivity index (χ4v) is 3.29. The Morgan fingerprint density at radius 1 is 0.763 bits per heavy atom. The molecule has 0 spiro atoms. The Kier molecular flexibility index (Phi) is 10.1. The third-order valence-electron chi connectivity index (χ3n) is 5.42. The van der Waals surface area contributed by atoms with Crippen LogP contribution in [0.5, 0.6) is 17.2 Å². The van der Waals surface area contributed by atoms with Crippen molar-refractivity contribution in [1.29, 1.82) is 0 Å². The molecule has 0 saturated carbocycles. The van der Waals surface area contributed by atoms with Gasteiger partial charge in [-0.2, -0.15) is 0 Å². The van der Waals surface area contributed by atoms with E-state index in [4.69, 9.17) is 23.7 Å². The van der Waals surface area contributed by atoms with Gasteiger partial charge in [0.1, 0.15) is 17.2 Å². The summed E-state index contributed by atoms with van der Waals surface area (Å²) < 4.78 is 27.2. The molecule has 8 nitrogen and oxygen atoms in total. The molecule has 206 valence electrons. The van der Waals surface area contributed by atoms with Crippen LogP contribution in [0.1, 0.15) is 68.6 Å². The third-order valence-corrected chi connectivity index (χ3v) is 5.42. The minimum Gasteiger partial charge on any atom is -0.496 e. The Balaban J connectivity index is 2.16. The van der Waals surface area contributed by atoms with Crippen molar-refractivity contribution in [3.63, 3.8) is 0 Å². The highest BCUT2D eigenvalue weighted by molar-refractivity contribution is 6.07. The molecule has 0 amide bonds.